The minimum Gasteiger partial charge on any atom is -0.370 e. The third kappa shape index (κ3) is 3.65. The van der Waals surface area contributed by atoms with Gasteiger partial charge in [0.2, 0.25) is 0 Å². The molecule has 1 heterocycles. The van der Waals surface area contributed by atoms with E-state index in [1.807, 2.05) is 0 Å². The maximum Gasteiger partial charge on any atom is 0.0931 e. The zero-order valence-electron chi connectivity index (χ0n) is 13.7. The molecule has 2 fully saturated rings. The van der Waals surface area contributed by atoms with Gasteiger partial charge in [-0.2, -0.15) is 0 Å². The van der Waals surface area contributed by atoms with Crippen LogP contribution in [-0.4, -0.2) is 23.1 Å². The Kier molecular flexibility index (Phi) is 4.19. The van der Waals surface area contributed by atoms with Crippen molar-refractivity contribution in [3.8, 4) is 0 Å². The SMILES string of the molecule is c1ccc(CN(Cc2ccccc2)[C@@H]2CCC[C@]3(CO3)C2)cc1. The number of hydrogen-bond donors (Lipinski definition) is 0. The van der Waals surface area contributed by atoms with E-state index in [9.17, 15) is 0 Å². The van der Waals surface area contributed by atoms with Crippen molar-refractivity contribution in [1.82, 2.24) is 4.90 Å². The van der Waals surface area contributed by atoms with Gasteiger partial charge in [0.05, 0.1) is 12.2 Å². The third-order valence-corrected chi connectivity index (χ3v) is 5.30. The second-order valence-corrected chi connectivity index (χ2v) is 7.10. The summed E-state index contributed by atoms with van der Waals surface area (Å²) in [5.41, 5.74) is 3.04. The van der Waals surface area contributed by atoms with Crippen LogP contribution in [0.4, 0.5) is 0 Å². The van der Waals surface area contributed by atoms with Crippen molar-refractivity contribution >= 4 is 0 Å². The molecular formula is C21H25NO. The van der Waals surface area contributed by atoms with Gasteiger partial charge < -0.3 is 4.74 Å². The molecule has 2 aromatic rings. The lowest BCUT2D eigenvalue weighted by Gasteiger charge is -2.37. The van der Waals surface area contributed by atoms with Crippen LogP contribution in [0.3, 0.4) is 0 Å². The predicted molar refractivity (Wildman–Crippen MR) is 93.1 cm³/mol. The molecule has 2 aliphatic rings. The normalized spacial score (nSPS) is 26.6. The van der Waals surface area contributed by atoms with E-state index in [4.69, 9.17) is 4.74 Å². The molecule has 1 saturated carbocycles. The quantitative estimate of drug-likeness (QED) is 0.761. The third-order valence-electron chi connectivity index (χ3n) is 5.30. The van der Waals surface area contributed by atoms with Gasteiger partial charge in [-0.3, -0.25) is 4.90 Å². The smallest absolute Gasteiger partial charge is 0.0931 e. The van der Waals surface area contributed by atoms with Crippen molar-refractivity contribution in [2.75, 3.05) is 6.61 Å². The lowest BCUT2D eigenvalue weighted by atomic mass is 9.85. The first kappa shape index (κ1) is 14.9. The molecule has 2 heteroatoms. The number of hydrogen-bond acceptors (Lipinski definition) is 2. The van der Waals surface area contributed by atoms with Crippen molar-refractivity contribution in [2.24, 2.45) is 0 Å². The van der Waals surface area contributed by atoms with Crippen molar-refractivity contribution in [2.45, 2.75) is 50.4 Å². The van der Waals surface area contributed by atoms with Crippen LogP contribution in [0.25, 0.3) is 0 Å². The number of rotatable bonds is 5. The van der Waals surface area contributed by atoms with Gasteiger partial charge in [-0.1, -0.05) is 60.7 Å². The van der Waals surface area contributed by atoms with E-state index in [1.54, 1.807) is 0 Å². The van der Waals surface area contributed by atoms with Crippen LogP contribution in [-0.2, 0) is 17.8 Å². The molecule has 4 rings (SSSR count). The number of epoxide rings is 1. The van der Waals surface area contributed by atoms with Crippen LogP contribution >= 0.6 is 0 Å². The van der Waals surface area contributed by atoms with E-state index in [1.165, 1.54) is 36.8 Å². The topological polar surface area (TPSA) is 15.8 Å². The molecule has 2 atom stereocenters. The van der Waals surface area contributed by atoms with Gasteiger partial charge in [0.25, 0.3) is 0 Å². The maximum atomic E-state index is 5.79. The molecule has 2 nitrogen and oxygen atoms in total. The van der Waals surface area contributed by atoms with E-state index in [2.05, 4.69) is 65.6 Å². The molecular weight excluding hydrogens is 282 g/mol. The Morgan fingerprint density at radius 2 is 1.48 bits per heavy atom. The van der Waals surface area contributed by atoms with Crippen LogP contribution in [0.1, 0.15) is 36.8 Å². The second-order valence-electron chi connectivity index (χ2n) is 7.10. The average molecular weight is 307 g/mol. The van der Waals surface area contributed by atoms with Crippen molar-refractivity contribution in [1.29, 1.82) is 0 Å². The molecule has 23 heavy (non-hydrogen) atoms. The Hall–Kier alpha value is -1.64. The van der Waals surface area contributed by atoms with Crippen LogP contribution in [0.2, 0.25) is 0 Å². The van der Waals surface area contributed by atoms with E-state index in [-0.39, 0.29) is 5.60 Å². The molecule has 1 aliphatic carbocycles. The summed E-state index contributed by atoms with van der Waals surface area (Å²) in [6.07, 6.45) is 5.05. The summed E-state index contributed by atoms with van der Waals surface area (Å²) in [7, 11) is 0. The largest absolute Gasteiger partial charge is 0.370 e. The summed E-state index contributed by atoms with van der Waals surface area (Å²) in [6, 6.07) is 22.3. The lowest BCUT2D eigenvalue weighted by molar-refractivity contribution is 0.0960. The van der Waals surface area contributed by atoms with Crippen LogP contribution in [0.15, 0.2) is 60.7 Å². The summed E-state index contributed by atoms with van der Waals surface area (Å²) in [6.45, 7) is 3.03. The standard InChI is InChI=1S/C21H25NO/c1-3-8-18(9-4-1)15-22(16-19-10-5-2-6-11-19)20-12-7-13-21(14-20)17-23-21/h1-6,8-11,20H,7,12-17H2/t20-,21-/m1/s1. The minimum atomic E-state index is 0.231. The molecule has 120 valence electrons. The van der Waals surface area contributed by atoms with Crippen LogP contribution in [0, 0.1) is 0 Å². The molecule has 1 spiro atoms. The fourth-order valence-electron chi connectivity index (χ4n) is 3.92. The summed E-state index contributed by atoms with van der Waals surface area (Å²) in [4.78, 5) is 2.66. The zero-order chi connectivity index (χ0) is 15.5. The molecule has 0 radical (unpaired) electrons. The van der Waals surface area contributed by atoms with Gasteiger partial charge in [0.15, 0.2) is 0 Å². The molecule has 0 N–H and O–H groups in total. The molecule has 0 unspecified atom stereocenters. The average Bonchev–Trinajstić information content (AvgIpc) is 3.35. The Morgan fingerprint density at radius 3 is 2.00 bits per heavy atom. The summed E-state index contributed by atoms with van der Waals surface area (Å²) >= 11 is 0. The highest BCUT2D eigenvalue weighted by molar-refractivity contribution is 5.17. The van der Waals surface area contributed by atoms with Gasteiger partial charge in [-0.05, 0) is 36.8 Å². The highest BCUT2D eigenvalue weighted by Gasteiger charge is 2.48. The Labute approximate surface area is 139 Å². The molecule has 2 aromatic carbocycles. The van der Waals surface area contributed by atoms with Gasteiger partial charge in [-0.25, -0.2) is 0 Å². The van der Waals surface area contributed by atoms with E-state index < -0.39 is 0 Å². The van der Waals surface area contributed by atoms with E-state index >= 15 is 0 Å². The summed E-state index contributed by atoms with van der Waals surface area (Å²) in [5, 5.41) is 0. The molecule has 1 saturated heterocycles. The van der Waals surface area contributed by atoms with Gasteiger partial charge in [0, 0.05) is 19.1 Å². The maximum absolute atomic E-state index is 5.79. The van der Waals surface area contributed by atoms with Crippen LogP contribution < -0.4 is 0 Å². The first-order valence-corrected chi connectivity index (χ1v) is 8.79. The molecule has 0 bridgehead atoms. The Bertz CT molecular complexity index is 579. The monoisotopic (exact) mass is 307 g/mol. The first-order valence-electron chi connectivity index (χ1n) is 8.79. The Balaban J connectivity index is 1.52. The first-order chi connectivity index (χ1) is 11.3. The zero-order valence-corrected chi connectivity index (χ0v) is 13.7. The van der Waals surface area contributed by atoms with E-state index in [0.717, 1.165) is 19.7 Å². The summed E-state index contributed by atoms with van der Waals surface area (Å²) < 4.78 is 5.79. The van der Waals surface area contributed by atoms with Gasteiger partial charge >= 0.3 is 0 Å². The number of ether oxygens (including phenoxy) is 1. The number of nitrogens with zero attached hydrogens (tertiary/aromatic N) is 1. The highest BCUT2D eigenvalue weighted by atomic mass is 16.6. The van der Waals surface area contributed by atoms with Gasteiger partial charge in [0.1, 0.15) is 0 Å². The summed E-state index contributed by atoms with van der Waals surface area (Å²) in [5.74, 6) is 0. The molecule has 0 amide bonds. The lowest BCUT2D eigenvalue weighted by Crippen LogP contribution is -2.40. The van der Waals surface area contributed by atoms with Crippen molar-refractivity contribution < 1.29 is 4.74 Å². The van der Waals surface area contributed by atoms with Crippen molar-refractivity contribution in [3.63, 3.8) is 0 Å². The molecule has 1 aliphatic heterocycles. The minimum absolute atomic E-state index is 0.231. The highest BCUT2D eigenvalue weighted by Crippen LogP contribution is 2.43. The second kappa shape index (κ2) is 6.46. The fraction of sp³-hybridized carbons (Fsp3) is 0.429. The number of benzene rings is 2. The van der Waals surface area contributed by atoms with E-state index in [0.29, 0.717) is 6.04 Å². The van der Waals surface area contributed by atoms with Crippen LogP contribution in [0.5, 0.6) is 0 Å². The predicted octanol–water partition coefficient (Wildman–Crippen LogP) is 4.40. The Morgan fingerprint density at radius 1 is 0.913 bits per heavy atom. The molecule has 0 aromatic heterocycles. The van der Waals surface area contributed by atoms with Gasteiger partial charge in [-0.15, -0.1) is 0 Å². The van der Waals surface area contributed by atoms with Crippen molar-refractivity contribution in [3.05, 3.63) is 71.8 Å². The fourth-order valence-corrected chi connectivity index (χ4v) is 3.92.